The highest BCUT2D eigenvalue weighted by Gasteiger charge is 2.10. The van der Waals surface area contributed by atoms with E-state index in [0.29, 0.717) is 19.6 Å². The van der Waals surface area contributed by atoms with Crippen LogP contribution in [0.1, 0.15) is 17.5 Å². The number of hydrogen-bond donors (Lipinski definition) is 1. The first-order chi connectivity index (χ1) is 9.65. The second kappa shape index (κ2) is 7.19. The van der Waals surface area contributed by atoms with Crippen molar-refractivity contribution in [2.75, 3.05) is 4.43 Å². The van der Waals surface area contributed by atoms with Crippen LogP contribution in [0.5, 0.6) is 0 Å². The molecule has 0 amide bonds. The predicted octanol–water partition coefficient (Wildman–Crippen LogP) is 1.40. The molecule has 0 aliphatic heterocycles. The molecule has 1 aromatic carbocycles. The molecule has 0 atom stereocenters. The number of nitrogens with two attached hydrogens (primary N) is 1. The van der Waals surface area contributed by atoms with Gasteiger partial charge in [-0.05, 0) is 17.5 Å². The molecule has 1 aromatic heterocycles. The molecular formula is C13H16IN3O2S. The van der Waals surface area contributed by atoms with Gasteiger partial charge in [0.25, 0.3) is 0 Å². The maximum absolute atomic E-state index is 12.1. The Hall–Kier alpha value is -0.930. The van der Waals surface area contributed by atoms with Gasteiger partial charge >= 0.3 is 10.6 Å². The number of rotatable bonds is 6. The van der Waals surface area contributed by atoms with Crippen molar-refractivity contribution in [1.29, 1.82) is 0 Å². The third-order valence-corrected chi connectivity index (χ3v) is 4.65. The normalized spacial score (nSPS) is 10.9. The number of halogens is 1. The molecule has 0 unspecified atom stereocenters. The fourth-order valence-electron chi connectivity index (χ4n) is 1.84. The first kappa shape index (κ1) is 15.5. The van der Waals surface area contributed by atoms with Gasteiger partial charge in [-0.15, -0.1) is 0 Å². The van der Waals surface area contributed by atoms with Gasteiger partial charge in [0, 0.05) is 29.0 Å². The summed E-state index contributed by atoms with van der Waals surface area (Å²) in [6, 6.07) is 7.64. The third kappa shape index (κ3) is 3.58. The lowest BCUT2D eigenvalue weighted by molar-refractivity contribution is 0.646. The van der Waals surface area contributed by atoms with E-state index in [0.717, 1.165) is 33.5 Å². The molecule has 2 N–H and O–H groups in total. The van der Waals surface area contributed by atoms with Gasteiger partial charge in [-0.2, -0.15) is 0 Å². The zero-order valence-corrected chi connectivity index (χ0v) is 13.9. The van der Waals surface area contributed by atoms with E-state index in [4.69, 9.17) is 5.73 Å². The summed E-state index contributed by atoms with van der Waals surface area (Å²) in [4.78, 5) is 23.8. The largest absolute Gasteiger partial charge is 0.341 e. The molecule has 0 spiro atoms. The average molecular weight is 405 g/mol. The van der Waals surface area contributed by atoms with Crippen LogP contribution in [0, 0.1) is 0 Å². The number of nitrogens with zero attached hydrogens (tertiary/aromatic N) is 2. The molecule has 0 fully saturated rings. The highest BCUT2D eigenvalue weighted by atomic mass is 127. The Morgan fingerprint density at radius 3 is 2.40 bits per heavy atom. The lowest BCUT2D eigenvalue weighted by Crippen LogP contribution is -2.29. The van der Waals surface area contributed by atoms with Crippen molar-refractivity contribution < 1.29 is 0 Å². The summed E-state index contributed by atoms with van der Waals surface area (Å²) in [7, 11) is 0. The van der Waals surface area contributed by atoms with Gasteiger partial charge in [0.15, 0.2) is 0 Å². The van der Waals surface area contributed by atoms with Crippen LogP contribution in [0.3, 0.4) is 0 Å². The molecule has 108 valence electrons. The minimum absolute atomic E-state index is 0.202. The van der Waals surface area contributed by atoms with Crippen LogP contribution in [0.25, 0.3) is 0 Å². The molecule has 0 radical (unpaired) electrons. The minimum atomic E-state index is -0.215. The van der Waals surface area contributed by atoms with Crippen LogP contribution in [0.4, 0.5) is 0 Å². The molecule has 0 aliphatic rings. The molecule has 5 nitrogen and oxygen atoms in total. The van der Waals surface area contributed by atoms with Crippen molar-refractivity contribution in [3.05, 3.63) is 55.5 Å². The Balaban J connectivity index is 2.22. The first-order valence-corrected chi connectivity index (χ1v) is 8.60. The topological polar surface area (TPSA) is 70.0 Å². The zero-order valence-electron chi connectivity index (χ0n) is 10.9. The molecule has 1 heterocycles. The Kier molecular flexibility index (Phi) is 5.55. The van der Waals surface area contributed by atoms with E-state index in [9.17, 15) is 9.59 Å². The van der Waals surface area contributed by atoms with Gasteiger partial charge in [0.05, 0.1) is 6.54 Å². The van der Waals surface area contributed by atoms with Crippen LogP contribution in [-0.4, -0.2) is 13.0 Å². The number of alkyl halides is 1. The smallest absolute Gasteiger partial charge is 0.326 e. The van der Waals surface area contributed by atoms with Gasteiger partial charge in [0.2, 0.25) is 0 Å². The summed E-state index contributed by atoms with van der Waals surface area (Å²) in [5, 5.41) is 0. The van der Waals surface area contributed by atoms with E-state index in [1.165, 1.54) is 8.52 Å². The Bertz CT molecular complexity index is 672. The van der Waals surface area contributed by atoms with Gasteiger partial charge in [-0.25, -0.2) is 13.3 Å². The summed E-state index contributed by atoms with van der Waals surface area (Å²) in [6.07, 6.45) is 0.894. The molecule has 0 saturated carbocycles. The molecule has 2 aromatic rings. The van der Waals surface area contributed by atoms with E-state index in [1.54, 1.807) is 0 Å². The van der Waals surface area contributed by atoms with Gasteiger partial charge in [-0.3, -0.25) is 4.79 Å². The summed E-state index contributed by atoms with van der Waals surface area (Å²) < 4.78 is 3.79. The second-order valence-electron chi connectivity index (χ2n) is 4.39. The Morgan fingerprint density at radius 1 is 1.15 bits per heavy atom. The SMILES string of the molecule is NCc1ccc(Cn2c(=O)sn(CCCI)c2=O)cc1. The highest BCUT2D eigenvalue weighted by molar-refractivity contribution is 14.1. The average Bonchev–Trinajstić information content (AvgIpc) is 2.73. The fourth-order valence-corrected chi connectivity index (χ4v) is 3.00. The van der Waals surface area contributed by atoms with Gasteiger partial charge < -0.3 is 5.73 Å². The highest BCUT2D eigenvalue weighted by Crippen LogP contribution is 2.05. The molecule has 0 bridgehead atoms. The molecule has 0 aliphatic carbocycles. The van der Waals surface area contributed by atoms with Crippen molar-refractivity contribution in [1.82, 2.24) is 8.52 Å². The number of aryl methyl sites for hydroxylation is 1. The monoisotopic (exact) mass is 405 g/mol. The molecule has 0 saturated heterocycles. The van der Waals surface area contributed by atoms with Crippen LogP contribution >= 0.6 is 34.1 Å². The number of aromatic nitrogens is 2. The van der Waals surface area contributed by atoms with E-state index in [2.05, 4.69) is 22.6 Å². The molecule has 2 rings (SSSR count). The summed E-state index contributed by atoms with van der Waals surface area (Å²) in [5.41, 5.74) is 7.29. The Morgan fingerprint density at radius 2 is 1.80 bits per heavy atom. The second-order valence-corrected chi connectivity index (χ2v) is 6.44. The zero-order chi connectivity index (χ0) is 14.5. The molecule has 20 heavy (non-hydrogen) atoms. The van der Waals surface area contributed by atoms with Gasteiger partial charge in [-0.1, -0.05) is 46.9 Å². The minimum Gasteiger partial charge on any atom is -0.326 e. The standard InChI is InChI=1S/C13H16IN3O2S/c14-6-1-7-17-12(18)16(13(19)20-17)9-11-4-2-10(8-15)3-5-11/h2-5H,1,6-9,15H2. The fraction of sp³-hybridized carbons (Fsp3) is 0.385. The van der Waals surface area contributed by atoms with Crippen molar-refractivity contribution in [3.63, 3.8) is 0 Å². The maximum atomic E-state index is 12.1. The van der Waals surface area contributed by atoms with Crippen molar-refractivity contribution in [2.45, 2.75) is 26.1 Å². The maximum Gasteiger partial charge on any atom is 0.341 e. The molecular weight excluding hydrogens is 389 g/mol. The first-order valence-electron chi connectivity index (χ1n) is 6.30. The lowest BCUT2D eigenvalue weighted by atomic mass is 10.1. The van der Waals surface area contributed by atoms with Crippen LogP contribution in [0.2, 0.25) is 0 Å². The quantitative estimate of drug-likeness (QED) is 0.584. The number of hydrogen-bond acceptors (Lipinski definition) is 4. The van der Waals surface area contributed by atoms with Crippen molar-refractivity contribution in [3.8, 4) is 0 Å². The Labute approximate surface area is 134 Å². The van der Waals surface area contributed by atoms with Crippen molar-refractivity contribution >= 4 is 34.1 Å². The number of benzene rings is 1. The van der Waals surface area contributed by atoms with Crippen LogP contribution in [0.15, 0.2) is 33.9 Å². The molecule has 7 heteroatoms. The summed E-state index contributed by atoms with van der Waals surface area (Å²) in [6.45, 7) is 1.42. The van der Waals surface area contributed by atoms with E-state index in [1.807, 2.05) is 24.3 Å². The van der Waals surface area contributed by atoms with Crippen LogP contribution < -0.4 is 16.3 Å². The van der Waals surface area contributed by atoms with Gasteiger partial charge in [0.1, 0.15) is 0 Å². The summed E-state index contributed by atoms with van der Waals surface area (Å²) in [5.74, 6) is 0. The summed E-state index contributed by atoms with van der Waals surface area (Å²) >= 11 is 3.26. The third-order valence-electron chi connectivity index (χ3n) is 2.95. The van der Waals surface area contributed by atoms with Crippen molar-refractivity contribution in [2.24, 2.45) is 5.73 Å². The predicted molar refractivity (Wildman–Crippen MR) is 89.8 cm³/mol. The van der Waals surface area contributed by atoms with E-state index in [-0.39, 0.29) is 10.6 Å². The van der Waals surface area contributed by atoms with E-state index >= 15 is 0 Å². The van der Waals surface area contributed by atoms with Crippen LogP contribution in [-0.2, 0) is 19.6 Å². The van der Waals surface area contributed by atoms with E-state index < -0.39 is 0 Å². The lowest BCUT2D eigenvalue weighted by Gasteiger charge is -2.02.